The second kappa shape index (κ2) is 4.89. The van der Waals surface area contributed by atoms with Gasteiger partial charge in [0.15, 0.2) is 5.65 Å². The summed E-state index contributed by atoms with van der Waals surface area (Å²) in [4.78, 5) is 0. The van der Waals surface area contributed by atoms with Gasteiger partial charge in [-0.3, -0.25) is 0 Å². The predicted molar refractivity (Wildman–Crippen MR) is 68.6 cm³/mol. The molecule has 0 fully saturated rings. The van der Waals surface area contributed by atoms with Crippen LogP contribution in [-0.4, -0.2) is 31.9 Å². The van der Waals surface area contributed by atoms with Crippen molar-refractivity contribution in [3.63, 3.8) is 0 Å². The largest absolute Gasteiger partial charge is 0.476 e. The van der Waals surface area contributed by atoms with E-state index >= 15 is 0 Å². The summed E-state index contributed by atoms with van der Waals surface area (Å²) < 4.78 is 6.88. The number of nitrogens with zero attached hydrogens (tertiary/aromatic N) is 5. The van der Waals surface area contributed by atoms with Crippen LogP contribution < -0.4 is 10.5 Å². The number of ether oxygens (including phenoxy) is 1. The monoisotopic (exact) mass is 256 g/mol. The van der Waals surface area contributed by atoms with Crippen molar-refractivity contribution in [2.45, 2.75) is 6.42 Å². The van der Waals surface area contributed by atoms with Gasteiger partial charge in [-0.05, 0) is 28.1 Å². The van der Waals surface area contributed by atoms with Gasteiger partial charge in [0.2, 0.25) is 5.88 Å². The molecular weight excluding hydrogens is 244 g/mol. The molecule has 7 heteroatoms. The summed E-state index contributed by atoms with van der Waals surface area (Å²) in [6.45, 7) is 0.495. The molecule has 0 aliphatic heterocycles. The first-order valence-electron chi connectivity index (χ1n) is 5.84. The Balaban J connectivity index is 1.64. The van der Waals surface area contributed by atoms with E-state index in [2.05, 4.69) is 20.6 Å². The maximum atomic E-state index is 5.86. The number of anilines is 1. The van der Waals surface area contributed by atoms with E-state index in [1.54, 1.807) is 12.1 Å². The van der Waals surface area contributed by atoms with Gasteiger partial charge in [-0.25, -0.2) is 0 Å². The third kappa shape index (κ3) is 2.44. The van der Waals surface area contributed by atoms with Crippen LogP contribution in [0.2, 0.25) is 0 Å². The molecule has 1 aromatic carbocycles. The van der Waals surface area contributed by atoms with Crippen molar-refractivity contribution < 1.29 is 4.74 Å². The molecule has 3 aromatic rings. The maximum absolute atomic E-state index is 5.86. The number of rotatable bonds is 4. The zero-order valence-corrected chi connectivity index (χ0v) is 10.1. The Morgan fingerprint density at radius 1 is 1.16 bits per heavy atom. The van der Waals surface area contributed by atoms with E-state index in [9.17, 15) is 0 Å². The van der Waals surface area contributed by atoms with Crippen molar-refractivity contribution in [3.05, 3.63) is 42.0 Å². The number of nitrogen functional groups attached to an aromatic ring is 1. The Hall–Kier alpha value is -2.70. The van der Waals surface area contributed by atoms with Crippen molar-refractivity contribution in [2.75, 3.05) is 12.3 Å². The number of hydrogen-bond donors (Lipinski definition) is 1. The third-order valence-corrected chi connectivity index (χ3v) is 2.72. The summed E-state index contributed by atoms with van der Waals surface area (Å²) in [5.74, 6) is 0.481. The lowest BCUT2D eigenvalue weighted by atomic mass is 10.1. The van der Waals surface area contributed by atoms with E-state index in [1.165, 1.54) is 4.63 Å². The summed E-state index contributed by atoms with van der Waals surface area (Å²) in [5.41, 5.74) is 8.28. The molecule has 0 radical (unpaired) electrons. The highest BCUT2D eigenvalue weighted by molar-refractivity contribution is 5.46. The SMILES string of the molecule is Nc1ccccc1CCOc1ccc2nnnn2n1. The highest BCUT2D eigenvalue weighted by atomic mass is 16.5. The number of nitrogens with two attached hydrogens (primary N) is 1. The lowest BCUT2D eigenvalue weighted by Crippen LogP contribution is -2.06. The molecule has 0 aliphatic carbocycles. The Labute approximate surface area is 109 Å². The predicted octanol–water partition coefficient (Wildman–Crippen LogP) is 0.723. The second-order valence-corrected chi connectivity index (χ2v) is 4.00. The molecule has 2 aromatic heterocycles. The molecule has 0 saturated heterocycles. The topological polar surface area (TPSA) is 91.2 Å². The highest BCUT2D eigenvalue weighted by Gasteiger charge is 2.02. The van der Waals surface area contributed by atoms with Crippen LogP contribution in [0.15, 0.2) is 36.4 Å². The van der Waals surface area contributed by atoms with Gasteiger partial charge in [0, 0.05) is 18.2 Å². The summed E-state index contributed by atoms with van der Waals surface area (Å²) in [7, 11) is 0. The fraction of sp³-hybridized carbons (Fsp3) is 0.167. The lowest BCUT2D eigenvalue weighted by molar-refractivity contribution is 0.303. The molecule has 2 heterocycles. The molecule has 0 unspecified atom stereocenters. The van der Waals surface area contributed by atoms with Gasteiger partial charge in [-0.15, -0.1) is 14.8 Å². The van der Waals surface area contributed by atoms with Crippen molar-refractivity contribution in [3.8, 4) is 5.88 Å². The van der Waals surface area contributed by atoms with Gasteiger partial charge in [0.1, 0.15) is 0 Å². The van der Waals surface area contributed by atoms with Crippen LogP contribution >= 0.6 is 0 Å². The first-order valence-corrected chi connectivity index (χ1v) is 5.84. The molecule has 2 N–H and O–H groups in total. The van der Waals surface area contributed by atoms with Crippen molar-refractivity contribution in [1.82, 2.24) is 25.3 Å². The summed E-state index contributed by atoms with van der Waals surface area (Å²) in [6.07, 6.45) is 0.724. The number of fused-ring (bicyclic) bond motifs is 1. The average Bonchev–Trinajstić information content (AvgIpc) is 2.88. The zero-order valence-electron chi connectivity index (χ0n) is 10.1. The summed E-state index contributed by atoms with van der Waals surface area (Å²) >= 11 is 0. The van der Waals surface area contributed by atoms with Crippen LogP contribution in [0.25, 0.3) is 5.65 Å². The second-order valence-electron chi connectivity index (χ2n) is 4.00. The van der Waals surface area contributed by atoms with Gasteiger partial charge in [0.05, 0.1) is 6.61 Å². The number of tetrazole rings is 1. The van der Waals surface area contributed by atoms with Crippen LogP contribution in [0, 0.1) is 0 Å². The number of para-hydroxylation sites is 1. The molecule has 0 saturated carbocycles. The highest BCUT2D eigenvalue weighted by Crippen LogP contribution is 2.12. The molecule has 96 valence electrons. The zero-order chi connectivity index (χ0) is 13.1. The van der Waals surface area contributed by atoms with Crippen LogP contribution in [-0.2, 0) is 6.42 Å². The van der Waals surface area contributed by atoms with E-state index in [-0.39, 0.29) is 0 Å². The number of benzene rings is 1. The van der Waals surface area contributed by atoms with Crippen LogP contribution in [0.3, 0.4) is 0 Å². The minimum atomic E-state index is 0.481. The van der Waals surface area contributed by atoms with E-state index in [1.807, 2.05) is 24.3 Å². The van der Waals surface area contributed by atoms with E-state index in [4.69, 9.17) is 10.5 Å². The molecule has 0 atom stereocenters. The van der Waals surface area contributed by atoms with E-state index < -0.39 is 0 Å². The number of aromatic nitrogens is 5. The smallest absolute Gasteiger partial charge is 0.233 e. The van der Waals surface area contributed by atoms with E-state index in [0.29, 0.717) is 18.1 Å². The van der Waals surface area contributed by atoms with E-state index in [0.717, 1.165) is 17.7 Å². The Morgan fingerprint density at radius 2 is 2.05 bits per heavy atom. The molecule has 0 bridgehead atoms. The van der Waals surface area contributed by atoms with Gasteiger partial charge < -0.3 is 10.5 Å². The van der Waals surface area contributed by atoms with Crippen molar-refractivity contribution in [2.24, 2.45) is 0 Å². The van der Waals surface area contributed by atoms with Crippen molar-refractivity contribution >= 4 is 11.3 Å². The third-order valence-electron chi connectivity index (χ3n) is 2.72. The molecule has 0 spiro atoms. The van der Waals surface area contributed by atoms with Crippen LogP contribution in [0.4, 0.5) is 5.69 Å². The first-order chi connectivity index (χ1) is 9.33. The molecule has 19 heavy (non-hydrogen) atoms. The van der Waals surface area contributed by atoms with Crippen LogP contribution in [0.1, 0.15) is 5.56 Å². The normalized spacial score (nSPS) is 10.7. The standard InChI is InChI=1S/C12H12N6O/c13-10-4-2-1-3-9(10)7-8-19-12-6-5-11-14-16-17-18(11)15-12/h1-6H,7-8,13H2. The Morgan fingerprint density at radius 3 is 2.95 bits per heavy atom. The molecule has 7 nitrogen and oxygen atoms in total. The fourth-order valence-electron chi connectivity index (χ4n) is 1.74. The first kappa shape index (κ1) is 11.4. The van der Waals surface area contributed by atoms with Crippen LogP contribution in [0.5, 0.6) is 5.88 Å². The summed E-state index contributed by atoms with van der Waals surface area (Å²) in [5, 5.41) is 15.1. The molecule has 3 rings (SSSR count). The van der Waals surface area contributed by atoms with Crippen molar-refractivity contribution in [1.29, 1.82) is 0 Å². The fourth-order valence-corrected chi connectivity index (χ4v) is 1.74. The lowest BCUT2D eigenvalue weighted by Gasteiger charge is -2.06. The minimum absolute atomic E-state index is 0.481. The maximum Gasteiger partial charge on any atom is 0.233 e. The molecule has 0 aliphatic rings. The average molecular weight is 256 g/mol. The van der Waals surface area contributed by atoms with Gasteiger partial charge in [-0.2, -0.15) is 0 Å². The van der Waals surface area contributed by atoms with Gasteiger partial charge in [0.25, 0.3) is 0 Å². The Bertz CT molecular complexity index is 695. The van der Waals surface area contributed by atoms with Gasteiger partial charge >= 0.3 is 0 Å². The number of hydrogen-bond acceptors (Lipinski definition) is 6. The molecule has 0 amide bonds. The molecular formula is C12H12N6O. The Kier molecular flexibility index (Phi) is 2.93. The quantitative estimate of drug-likeness (QED) is 0.692. The van der Waals surface area contributed by atoms with Gasteiger partial charge in [-0.1, -0.05) is 18.2 Å². The summed E-state index contributed by atoms with van der Waals surface area (Å²) in [6, 6.07) is 11.2. The minimum Gasteiger partial charge on any atom is -0.476 e.